The monoisotopic (exact) mass is 296 g/mol. The van der Waals surface area contributed by atoms with Gasteiger partial charge in [-0.2, -0.15) is 0 Å². The van der Waals surface area contributed by atoms with Crippen molar-refractivity contribution in [2.45, 2.75) is 12.6 Å². The number of thiophene rings is 1. The van der Waals surface area contributed by atoms with Crippen LogP contribution >= 0.6 is 11.3 Å². The van der Waals surface area contributed by atoms with Gasteiger partial charge in [-0.05, 0) is 11.4 Å². The van der Waals surface area contributed by atoms with E-state index in [1.807, 2.05) is 0 Å². The number of rotatable bonds is 5. The average molecular weight is 296 g/mol. The lowest BCUT2D eigenvalue weighted by Gasteiger charge is -2.09. The maximum absolute atomic E-state index is 12.0. The number of aliphatic hydroxyl groups is 1. The lowest BCUT2D eigenvalue weighted by atomic mass is 10.3. The molecule has 4 N–H and O–H groups in total. The van der Waals surface area contributed by atoms with E-state index in [2.05, 4.69) is 10.3 Å². The molecule has 2 amide bonds. The van der Waals surface area contributed by atoms with Gasteiger partial charge in [0.25, 0.3) is 5.56 Å². The van der Waals surface area contributed by atoms with Gasteiger partial charge in [-0.1, -0.05) is 0 Å². The summed E-state index contributed by atoms with van der Waals surface area (Å²) < 4.78 is 1.15. The van der Waals surface area contributed by atoms with Gasteiger partial charge in [0, 0.05) is 0 Å². The van der Waals surface area contributed by atoms with Gasteiger partial charge in [-0.3, -0.25) is 19.0 Å². The molecule has 0 saturated heterocycles. The quantitative estimate of drug-likeness (QED) is 0.613. The van der Waals surface area contributed by atoms with E-state index in [-0.39, 0.29) is 18.6 Å². The molecular weight excluding hydrogens is 284 g/mol. The lowest BCUT2D eigenvalue weighted by Crippen LogP contribution is -2.41. The van der Waals surface area contributed by atoms with Crippen LogP contribution in [0.25, 0.3) is 10.2 Å². The molecule has 0 aliphatic rings. The molecule has 8 nitrogen and oxygen atoms in total. The summed E-state index contributed by atoms with van der Waals surface area (Å²) in [5.74, 6) is -1.45. The molecule has 1 atom stereocenters. The zero-order chi connectivity index (χ0) is 14.7. The molecule has 2 heterocycles. The van der Waals surface area contributed by atoms with Crippen LogP contribution in [0, 0.1) is 0 Å². The summed E-state index contributed by atoms with van der Waals surface area (Å²) in [4.78, 5) is 38.9. The molecule has 0 aromatic carbocycles. The van der Waals surface area contributed by atoms with Gasteiger partial charge < -0.3 is 16.2 Å². The van der Waals surface area contributed by atoms with Crippen LogP contribution in [0.1, 0.15) is 0 Å². The van der Waals surface area contributed by atoms with Crippen LogP contribution in [0.4, 0.5) is 0 Å². The molecule has 0 aliphatic carbocycles. The number of hydrogen-bond acceptors (Lipinski definition) is 6. The third-order valence-electron chi connectivity index (χ3n) is 2.59. The van der Waals surface area contributed by atoms with E-state index in [4.69, 9.17) is 10.8 Å². The highest BCUT2D eigenvalue weighted by molar-refractivity contribution is 7.16. The van der Waals surface area contributed by atoms with Crippen molar-refractivity contribution in [1.29, 1.82) is 0 Å². The highest BCUT2D eigenvalue weighted by Crippen LogP contribution is 2.12. The first kappa shape index (κ1) is 14.2. The van der Waals surface area contributed by atoms with E-state index in [0.29, 0.717) is 10.2 Å². The SMILES string of the molecule is NC(=O)C(O)CNC(=O)Cn1cnc2sccc2c1=O. The third-order valence-corrected chi connectivity index (χ3v) is 3.41. The molecule has 20 heavy (non-hydrogen) atoms. The van der Waals surface area contributed by atoms with Gasteiger partial charge >= 0.3 is 0 Å². The zero-order valence-electron chi connectivity index (χ0n) is 10.3. The third kappa shape index (κ3) is 3.00. The number of primary amides is 1. The Kier molecular flexibility index (Phi) is 4.11. The van der Waals surface area contributed by atoms with E-state index in [1.54, 1.807) is 11.4 Å². The van der Waals surface area contributed by atoms with Gasteiger partial charge in [0.15, 0.2) is 0 Å². The standard InChI is InChI=1S/C11H12N4O4S/c12-9(18)7(16)3-13-8(17)4-15-5-14-10-6(11(15)19)1-2-20-10/h1-2,5,7,16H,3-4H2,(H2,12,18)(H,13,17). The van der Waals surface area contributed by atoms with Crippen LogP contribution in [-0.2, 0) is 16.1 Å². The van der Waals surface area contributed by atoms with Crippen LogP contribution in [-0.4, -0.2) is 39.1 Å². The number of carbonyl (C=O) groups excluding carboxylic acids is 2. The number of aromatic nitrogens is 2. The Morgan fingerprint density at radius 1 is 1.55 bits per heavy atom. The number of amides is 2. The molecule has 1 unspecified atom stereocenters. The van der Waals surface area contributed by atoms with Gasteiger partial charge in [-0.15, -0.1) is 11.3 Å². The van der Waals surface area contributed by atoms with Crippen molar-refractivity contribution in [2.75, 3.05) is 6.54 Å². The van der Waals surface area contributed by atoms with Crippen molar-refractivity contribution in [2.24, 2.45) is 5.73 Å². The summed E-state index contributed by atoms with van der Waals surface area (Å²) >= 11 is 1.34. The maximum atomic E-state index is 12.0. The Labute approximate surface area is 116 Å². The molecule has 0 spiro atoms. The van der Waals surface area contributed by atoms with E-state index in [0.717, 1.165) is 4.57 Å². The first-order valence-electron chi connectivity index (χ1n) is 5.65. The number of aliphatic hydroxyl groups excluding tert-OH is 1. The Balaban J connectivity index is 2.04. The van der Waals surface area contributed by atoms with Crippen LogP contribution < -0.4 is 16.6 Å². The zero-order valence-corrected chi connectivity index (χ0v) is 11.1. The number of fused-ring (bicyclic) bond motifs is 1. The molecule has 2 aromatic rings. The Bertz CT molecular complexity index is 708. The fourth-order valence-corrected chi connectivity index (χ4v) is 2.25. The smallest absolute Gasteiger partial charge is 0.262 e. The molecule has 0 fully saturated rings. The lowest BCUT2D eigenvalue weighted by molar-refractivity contribution is -0.127. The summed E-state index contributed by atoms with van der Waals surface area (Å²) in [5, 5.41) is 13.6. The van der Waals surface area contributed by atoms with Crippen LogP contribution in [0.2, 0.25) is 0 Å². The van der Waals surface area contributed by atoms with Crippen molar-refractivity contribution >= 4 is 33.4 Å². The number of carbonyl (C=O) groups is 2. The Morgan fingerprint density at radius 3 is 3.00 bits per heavy atom. The first-order valence-corrected chi connectivity index (χ1v) is 6.53. The van der Waals surface area contributed by atoms with Gasteiger partial charge in [0.05, 0.1) is 18.3 Å². The minimum atomic E-state index is -1.45. The second-order valence-corrected chi connectivity index (χ2v) is 4.93. The molecule has 0 aliphatic heterocycles. The second kappa shape index (κ2) is 5.80. The minimum absolute atomic E-state index is 0.247. The maximum Gasteiger partial charge on any atom is 0.262 e. The molecule has 2 aromatic heterocycles. The van der Waals surface area contributed by atoms with E-state index >= 15 is 0 Å². The van der Waals surface area contributed by atoms with Crippen LogP contribution in [0.3, 0.4) is 0 Å². The van der Waals surface area contributed by atoms with Gasteiger partial charge in [0.1, 0.15) is 17.5 Å². The van der Waals surface area contributed by atoms with Crippen molar-refractivity contribution in [3.63, 3.8) is 0 Å². The van der Waals surface area contributed by atoms with E-state index < -0.39 is 17.9 Å². The molecule has 9 heteroatoms. The second-order valence-electron chi connectivity index (χ2n) is 4.04. The topological polar surface area (TPSA) is 127 Å². The first-order chi connectivity index (χ1) is 9.49. The number of hydrogen-bond donors (Lipinski definition) is 3. The van der Waals surface area contributed by atoms with Crippen LogP contribution in [0.15, 0.2) is 22.6 Å². The Morgan fingerprint density at radius 2 is 2.30 bits per heavy atom. The Hall–Kier alpha value is -2.26. The molecule has 0 bridgehead atoms. The number of nitrogens with zero attached hydrogens (tertiary/aromatic N) is 2. The predicted octanol–water partition coefficient (Wildman–Crippen LogP) is -1.58. The largest absolute Gasteiger partial charge is 0.381 e. The van der Waals surface area contributed by atoms with E-state index in [9.17, 15) is 14.4 Å². The molecule has 106 valence electrons. The fourth-order valence-electron chi connectivity index (χ4n) is 1.53. The average Bonchev–Trinajstić information content (AvgIpc) is 2.88. The normalized spacial score (nSPS) is 12.2. The molecular formula is C11H12N4O4S. The van der Waals surface area contributed by atoms with Crippen molar-refractivity contribution in [1.82, 2.24) is 14.9 Å². The highest BCUT2D eigenvalue weighted by Gasteiger charge is 2.13. The summed E-state index contributed by atoms with van der Waals surface area (Å²) in [5.41, 5.74) is 4.53. The van der Waals surface area contributed by atoms with Crippen molar-refractivity contribution in [3.05, 3.63) is 28.1 Å². The van der Waals surface area contributed by atoms with Crippen molar-refractivity contribution < 1.29 is 14.7 Å². The number of nitrogens with two attached hydrogens (primary N) is 1. The summed E-state index contributed by atoms with van der Waals surface area (Å²) in [7, 11) is 0. The van der Waals surface area contributed by atoms with E-state index in [1.165, 1.54) is 17.7 Å². The van der Waals surface area contributed by atoms with Gasteiger partial charge in [0.2, 0.25) is 11.8 Å². The molecule has 0 radical (unpaired) electrons. The van der Waals surface area contributed by atoms with Gasteiger partial charge in [-0.25, -0.2) is 4.98 Å². The minimum Gasteiger partial charge on any atom is -0.381 e. The molecule has 0 saturated carbocycles. The van der Waals surface area contributed by atoms with Crippen LogP contribution in [0.5, 0.6) is 0 Å². The summed E-state index contributed by atoms with van der Waals surface area (Å²) in [6.45, 7) is -0.542. The van der Waals surface area contributed by atoms with Crippen molar-refractivity contribution in [3.8, 4) is 0 Å². The molecule has 2 rings (SSSR count). The number of nitrogens with one attached hydrogen (secondary N) is 1. The highest BCUT2D eigenvalue weighted by atomic mass is 32.1. The predicted molar refractivity (Wildman–Crippen MR) is 72.1 cm³/mol. The summed E-state index contributed by atoms with van der Waals surface area (Å²) in [6, 6.07) is 1.64. The summed E-state index contributed by atoms with van der Waals surface area (Å²) in [6.07, 6.45) is -0.168. The fraction of sp³-hybridized carbons (Fsp3) is 0.273.